The van der Waals surface area contributed by atoms with Crippen LogP contribution in [0.1, 0.15) is 96.7 Å². The maximum atomic E-state index is 14.6. The van der Waals surface area contributed by atoms with Crippen molar-refractivity contribution in [3.8, 4) is 11.3 Å². The lowest BCUT2D eigenvalue weighted by atomic mass is 9.65. The monoisotopic (exact) mass is 851 g/mol. The summed E-state index contributed by atoms with van der Waals surface area (Å²) in [6.45, 7) is 3.85. The molecule has 2 aromatic heterocycles. The number of alkyl halides is 3. The molecular formula is C45H45ClF3NO6S2. The molecule has 2 heterocycles. The van der Waals surface area contributed by atoms with Crippen molar-refractivity contribution in [2.75, 3.05) is 6.54 Å². The number of aliphatic hydroxyl groups excluding tert-OH is 1. The number of fused-ring (bicyclic) bond motifs is 8. The highest BCUT2D eigenvalue weighted by molar-refractivity contribution is 7.91. The zero-order valence-electron chi connectivity index (χ0n) is 32.1. The van der Waals surface area contributed by atoms with Gasteiger partial charge in [-0.15, -0.1) is 11.3 Å². The number of thiophene rings is 1. The number of rotatable bonds is 9. The molecule has 3 aromatic carbocycles. The number of aliphatic hydroxyl groups is 2. The van der Waals surface area contributed by atoms with Crippen LogP contribution in [0.15, 0.2) is 117 Å². The first-order valence-corrected chi connectivity index (χ1v) is 22.0. The summed E-state index contributed by atoms with van der Waals surface area (Å²) in [7, 11) is -4.03. The zero-order valence-corrected chi connectivity index (χ0v) is 34.5. The van der Waals surface area contributed by atoms with Gasteiger partial charge in [0.05, 0.1) is 22.3 Å². The Hall–Kier alpha value is -4.04. The number of hydrogen-bond donors (Lipinski definition) is 2. The summed E-state index contributed by atoms with van der Waals surface area (Å²) in [5, 5.41) is 25.8. The van der Waals surface area contributed by atoms with Crippen LogP contribution in [0.25, 0.3) is 11.3 Å². The Morgan fingerprint density at radius 1 is 1.00 bits per heavy atom. The third-order valence-electron chi connectivity index (χ3n) is 12.0. The van der Waals surface area contributed by atoms with E-state index in [9.17, 15) is 36.6 Å². The topological polar surface area (TPSA) is 108 Å². The van der Waals surface area contributed by atoms with Gasteiger partial charge in [0, 0.05) is 29.6 Å². The van der Waals surface area contributed by atoms with Gasteiger partial charge in [0.25, 0.3) is 10.0 Å². The van der Waals surface area contributed by atoms with Gasteiger partial charge in [-0.05, 0) is 122 Å². The summed E-state index contributed by atoms with van der Waals surface area (Å²) < 4.78 is 77.0. The number of sulfonamides is 1. The Morgan fingerprint density at radius 3 is 2.50 bits per heavy atom. The molecule has 4 atom stereocenters. The SMILES string of the molecule is CC1=CCCC2(C)C(CCC2(O)CN(Cc2ccccc2)S(=O)(=O)c2cccs2)c2ccc(cc2C(=O)c2ccc(-c3cc(C(F)(F)F)ccc3Cl)o2)CC(O)CC1. The summed E-state index contributed by atoms with van der Waals surface area (Å²) in [4.78, 5) is 14.6. The van der Waals surface area contributed by atoms with E-state index in [1.807, 2.05) is 56.3 Å². The number of ketones is 1. The molecule has 1 fully saturated rings. The Morgan fingerprint density at radius 2 is 1.78 bits per heavy atom. The average molecular weight is 852 g/mol. The van der Waals surface area contributed by atoms with E-state index in [4.69, 9.17) is 16.0 Å². The van der Waals surface area contributed by atoms with Gasteiger partial charge in [-0.25, -0.2) is 8.42 Å². The van der Waals surface area contributed by atoms with Crippen LogP contribution in [0.4, 0.5) is 13.2 Å². The molecule has 3 aliphatic rings. The first-order valence-electron chi connectivity index (χ1n) is 19.3. The highest BCUT2D eigenvalue weighted by Gasteiger charge is 2.58. The maximum Gasteiger partial charge on any atom is 0.416 e. The molecule has 58 heavy (non-hydrogen) atoms. The van der Waals surface area contributed by atoms with Gasteiger partial charge in [0.2, 0.25) is 5.78 Å². The smallest absolute Gasteiger partial charge is 0.416 e. The standard InChI is InChI=1S/C45H45ClF3NO6S2/c1-29-8-6-21-43(2)37(20-22-44(43,53)28-50(27-30-9-4-3-5-10-30)58(54,55)41-11-7-23-57-41)34-16-13-31(24-33(51)15-12-29)25-35(34)42(52)40-19-18-39(56-40)36-26-32(45(47,48)49)14-17-38(36)46/h3-5,7-11,13-14,16-19,23,25-26,33,37,51,53H,6,12,15,20-22,24,27-28H2,1-2H3. The van der Waals surface area contributed by atoms with Gasteiger partial charge < -0.3 is 14.6 Å². The number of hydrogen-bond acceptors (Lipinski definition) is 7. The molecule has 0 amide bonds. The molecule has 4 unspecified atom stereocenters. The normalized spacial score (nSPS) is 23.1. The molecule has 2 N–H and O–H groups in total. The lowest BCUT2D eigenvalue weighted by Crippen LogP contribution is -2.53. The average Bonchev–Trinajstić information content (AvgIpc) is 3.95. The van der Waals surface area contributed by atoms with Crippen LogP contribution in [-0.4, -0.2) is 47.0 Å². The van der Waals surface area contributed by atoms with Crippen LogP contribution in [-0.2, 0) is 29.2 Å². The van der Waals surface area contributed by atoms with Crippen LogP contribution in [0, 0.1) is 5.41 Å². The Labute approximate surface area is 345 Å². The summed E-state index contributed by atoms with van der Waals surface area (Å²) in [6.07, 6.45) is -0.0800. The van der Waals surface area contributed by atoms with Crippen LogP contribution < -0.4 is 0 Å². The molecule has 0 spiro atoms. The largest absolute Gasteiger partial charge is 0.453 e. The van der Waals surface area contributed by atoms with Crippen LogP contribution >= 0.6 is 22.9 Å². The van der Waals surface area contributed by atoms with Crippen molar-refractivity contribution in [3.05, 3.63) is 147 Å². The molecular weight excluding hydrogens is 807 g/mol. The number of carbonyl (C=O) groups excluding carboxylic acids is 1. The minimum atomic E-state index is -4.62. The van der Waals surface area contributed by atoms with Crippen LogP contribution in [0.3, 0.4) is 0 Å². The molecule has 7 nitrogen and oxygen atoms in total. The van der Waals surface area contributed by atoms with Gasteiger partial charge >= 0.3 is 6.18 Å². The van der Waals surface area contributed by atoms with Gasteiger partial charge in [-0.2, -0.15) is 17.5 Å². The predicted molar refractivity (Wildman–Crippen MR) is 219 cm³/mol. The van der Waals surface area contributed by atoms with Gasteiger partial charge in [-0.1, -0.05) is 78.7 Å². The van der Waals surface area contributed by atoms with Crippen LogP contribution in [0.5, 0.6) is 0 Å². The molecule has 13 heteroatoms. The number of carbonyl (C=O) groups is 1. The van der Waals surface area contributed by atoms with E-state index in [2.05, 4.69) is 6.08 Å². The Kier molecular flexibility index (Phi) is 12.0. The summed E-state index contributed by atoms with van der Waals surface area (Å²) in [6, 6.07) is 23.7. The van der Waals surface area contributed by atoms with E-state index in [0.29, 0.717) is 43.2 Å². The quantitative estimate of drug-likeness (QED) is 0.113. The molecule has 2 bridgehead atoms. The molecule has 3 aliphatic carbocycles. The van der Waals surface area contributed by atoms with E-state index in [0.717, 1.165) is 40.7 Å². The van der Waals surface area contributed by atoms with Crippen molar-refractivity contribution in [1.29, 1.82) is 0 Å². The van der Waals surface area contributed by atoms with Crippen molar-refractivity contribution in [1.82, 2.24) is 4.31 Å². The first kappa shape index (κ1) is 42.1. The molecule has 306 valence electrons. The fourth-order valence-corrected chi connectivity index (χ4v) is 11.5. The maximum absolute atomic E-state index is 14.6. The van der Waals surface area contributed by atoms with E-state index < -0.39 is 50.6 Å². The Bertz CT molecular complexity index is 2410. The van der Waals surface area contributed by atoms with E-state index >= 15 is 0 Å². The van der Waals surface area contributed by atoms with Crippen molar-refractivity contribution >= 4 is 38.7 Å². The fourth-order valence-electron chi connectivity index (χ4n) is 8.67. The second kappa shape index (κ2) is 16.5. The fraction of sp³-hybridized carbons (Fsp3) is 0.356. The number of halogens is 4. The third-order valence-corrected chi connectivity index (χ3v) is 15.5. The lowest BCUT2D eigenvalue weighted by molar-refractivity contribution is -0.137. The summed E-state index contributed by atoms with van der Waals surface area (Å²) in [5.41, 5.74) is 0.0537. The summed E-state index contributed by atoms with van der Waals surface area (Å²) >= 11 is 7.45. The summed E-state index contributed by atoms with van der Waals surface area (Å²) in [5.74, 6) is -1.08. The van der Waals surface area contributed by atoms with Gasteiger partial charge in [0.15, 0.2) is 5.76 Å². The number of nitrogens with zero attached hydrogens (tertiary/aromatic N) is 1. The lowest BCUT2D eigenvalue weighted by Gasteiger charge is -2.46. The minimum absolute atomic E-state index is 0.0117. The molecule has 0 saturated heterocycles. The van der Waals surface area contributed by atoms with Crippen molar-refractivity contribution < 1.29 is 41.0 Å². The highest BCUT2D eigenvalue weighted by atomic mass is 35.5. The van der Waals surface area contributed by atoms with Crippen molar-refractivity contribution in [2.45, 2.75) is 93.3 Å². The van der Waals surface area contributed by atoms with E-state index in [-0.39, 0.29) is 57.8 Å². The van der Waals surface area contributed by atoms with E-state index in [1.54, 1.807) is 23.6 Å². The zero-order chi connectivity index (χ0) is 41.5. The predicted octanol–water partition coefficient (Wildman–Crippen LogP) is 10.8. The minimum Gasteiger partial charge on any atom is -0.453 e. The highest BCUT2D eigenvalue weighted by Crippen LogP contribution is 2.59. The van der Waals surface area contributed by atoms with Gasteiger partial charge in [-0.3, -0.25) is 4.79 Å². The second-order valence-electron chi connectivity index (χ2n) is 15.8. The van der Waals surface area contributed by atoms with Crippen molar-refractivity contribution in [3.63, 3.8) is 0 Å². The third kappa shape index (κ3) is 8.50. The van der Waals surface area contributed by atoms with E-state index in [1.165, 1.54) is 16.4 Å². The second-order valence-corrected chi connectivity index (χ2v) is 19.3. The molecule has 0 aliphatic heterocycles. The molecule has 1 saturated carbocycles. The number of allylic oxidation sites excluding steroid dienone is 2. The Balaban J connectivity index is 1.31. The molecule has 0 radical (unpaired) electrons. The van der Waals surface area contributed by atoms with Crippen LogP contribution in [0.2, 0.25) is 5.02 Å². The molecule has 5 aromatic rings. The molecule has 8 rings (SSSR count). The number of furan rings is 1. The number of benzene rings is 3. The van der Waals surface area contributed by atoms with Crippen molar-refractivity contribution in [2.24, 2.45) is 5.41 Å². The first-order chi connectivity index (χ1) is 27.5. The van der Waals surface area contributed by atoms with Gasteiger partial charge in [0.1, 0.15) is 9.97 Å².